The van der Waals surface area contributed by atoms with Gasteiger partial charge in [-0.2, -0.15) is 0 Å². The van der Waals surface area contributed by atoms with E-state index >= 15 is 0 Å². The van der Waals surface area contributed by atoms with Crippen LogP contribution in [-0.2, 0) is 23.8 Å². The number of rotatable bonds is 67. The minimum Gasteiger partial charge on any atom is -0.454 e. The third kappa shape index (κ3) is 52.7. The second-order valence-electron chi connectivity index (χ2n) is 26.7. The van der Waals surface area contributed by atoms with Crippen LogP contribution >= 0.6 is 0 Å². The van der Waals surface area contributed by atoms with Crippen molar-refractivity contribution in [2.24, 2.45) is 0 Å². The molecule has 0 aromatic heterocycles. The second-order valence-corrected chi connectivity index (χ2v) is 26.7. The normalized spacial score (nSPS) is 18.3. The topological polar surface area (TPSA) is 175 Å². The molecule has 8 atom stereocenters. The number of carbonyl (C=O) groups excluding carboxylic acids is 2. The predicted molar refractivity (Wildman–Crippen MR) is 375 cm³/mol. The largest absolute Gasteiger partial charge is 0.454 e. The van der Waals surface area contributed by atoms with Crippen molar-refractivity contribution in [3.63, 3.8) is 0 Å². The van der Waals surface area contributed by atoms with Crippen molar-refractivity contribution in [2.75, 3.05) is 13.2 Å². The Morgan fingerprint density at radius 2 is 0.775 bits per heavy atom. The summed E-state index contributed by atoms with van der Waals surface area (Å²) in [5.41, 5.74) is 0. The van der Waals surface area contributed by atoms with Crippen LogP contribution in [0.2, 0.25) is 0 Å². The van der Waals surface area contributed by atoms with Crippen molar-refractivity contribution in [3.05, 3.63) is 48.6 Å². The van der Waals surface area contributed by atoms with Crippen LogP contribution in [0.1, 0.15) is 374 Å². The number of carbonyl (C=O) groups is 2. The van der Waals surface area contributed by atoms with Crippen molar-refractivity contribution in [1.82, 2.24) is 5.32 Å². The Morgan fingerprint density at radius 1 is 0.438 bits per heavy atom. The molecule has 0 aromatic carbocycles. The minimum absolute atomic E-state index is 0.127. The van der Waals surface area contributed by atoms with E-state index in [0.717, 1.165) is 64.2 Å². The van der Waals surface area contributed by atoms with E-state index in [9.17, 15) is 35.1 Å². The summed E-state index contributed by atoms with van der Waals surface area (Å²) in [6.07, 6.45) is 73.0. The molecule has 1 fully saturated rings. The Bertz CT molecular complexity index is 1640. The molecule has 0 aromatic rings. The summed E-state index contributed by atoms with van der Waals surface area (Å²) in [6, 6.07) is -1.02. The van der Waals surface area contributed by atoms with E-state index in [1.807, 2.05) is 6.08 Å². The Hall–Kier alpha value is -2.38. The van der Waals surface area contributed by atoms with E-state index in [4.69, 9.17) is 14.2 Å². The monoisotopic (exact) mass is 1260 g/mol. The van der Waals surface area contributed by atoms with E-state index in [1.54, 1.807) is 6.08 Å². The van der Waals surface area contributed by atoms with Crippen molar-refractivity contribution >= 4 is 11.9 Å². The van der Waals surface area contributed by atoms with Gasteiger partial charge in [-0.1, -0.05) is 333 Å². The highest BCUT2D eigenvalue weighted by Gasteiger charge is 2.47. The fraction of sp³-hybridized carbons (Fsp3) is 0.872. The standard InChI is InChI=1S/C78H145NO10/c1-4-7-10-13-16-19-22-25-27-29-31-33-35-36-37-39-41-43-45-48-51-54-57-60-63-66-73(83)89-76-75(85)74(84)72(67-80)88-78(76)87-68-69(70(81)64-61-58-55-52-49-46-24-21-18-15-12-9-6-3)79-77(86)71(82)65-62-59-56-53-50-47-44-42-40-38-34-32-30-28-26-23-20-17-14-11-8-5-2/h17,20,25-28,61,64,69-72,74-76,78,80-82,84-85H,4-16,18-19,21-24,29-60,62-63,65-68H2,1-3H3,(H,79,86)/b20-17-,27-25+,28-26-,64-61+. The molecule has 1 amide bonds. The summed E-state index contributed by atoms with van der Waals surface area (Å²) in [7, 11) is 0. The molecule has 1 aliphatic rings. The first-order chi connectivity index (χ1) is 43.7. The molecule has 0 radical (unpaired) electrons. The molecule has 1 rings (SSSR count). The Balaban J connectivity index is 2.53. The molecule has 0 spiro atoms. The zero-order valence-corrected chi connectivity index (χ0v) is 58.3. The molecule has 522 valence electrons. The van der Waals surface area contributed by atoms with Crippen LogP contribution in [0.25, 0.3) is 0 Å². The average molecular weight is 1260 g/mol. The molecule has 6 N–H and O–H groups in total. The number of ether oxygens (including phenoxy) is 3. The van der Waals surface area contributed by atoms with E-state index in [2.05, 4.69) is 62.5 Å². The zero-order valence-electron chi connectivity index (χ0n) is 58.3. The first kappa shape index (κ1) is 84.6. The van der Waals surface area contributed by atoms with E-state index in [-0.39, 0.29) is 13.0 Å². The summed E-state index contributed by atoms with van der Waals surface area (Å²) in [5, 5.41) is 57.4. The minimum atomic E-state index is -1.61. The molecule has 89 heavy (non-hydrogen) atoms. The van der Waals surface area contributed by atoms with Gasteiger partial charge < -0.3 is 45.1 Å². The summed E-state index contributed by atoms with van der Waals surface area (Å²) in [6.45, 7) is 5.83. The van der Waals surface area contributed by atoms with Crippen LogP contribution in [0.5, 0.6) is 0 Å². The fourth-order valence-corrected chi connectivity index (χ4v) is 12.2. The quantitative estimate of drug-likeness (QED) is 0.0195. The highest BCUT2D eigenvalue weighted by atomic mass is 16.7. The van der Waals surface area contributed by atoms with Gasteiger partial charge in [0, 0.05) is 6.42 Å². The molecule has 0 saturated carbocycles. The summed E-state index contributed by atoms with van der Waals surface area (Å²) in [5.74, 6) is -1.18. The fourth-order valence-electron chi connectivity index (χ4n) is 12.2. The number of amides is 1. The van der Waals surface area contributed by atoms with Crippen LogP contribution in [0.4, 0.5) is 0 Å². The lowest BCUT2D eigenvalue weighted by atomic mass is 9.99. The van der Waals surface area contributed by atoms with E-state index in [1.165, 1.54) is 263 Å². The number of hydrogen-bond acceptors (Lipinski definition) is 10. The van der Waals surface area contributed by atoms with Gasteiger partial charge in [0.25, 0.3) is 0 Å². The van der Waals surface area contributed by atoms with Crippen LogP contribution in [-0.4, -0.2) is 99.6 Å². The number of nitrogens with one attached hydrogen (secondary N) is 1. The lowest BCUT2D eigenvalue weighted by Gasteiger charge is -2.41. The van der Waals surface area contributed by atoms with Crippen LogP contribution in [0.15, 0.2) is 48.6 Å². The first-order valence-corrected chi connectivity index (χ1v) is 38.4. The summed E-state index contributed by atoms with van der Waals surface area (Å²) < 4.78 is 17.8. The average Bonchev–Trinajstić information content (AvgIpc) is 3.11. The van der Waals surface area contributed by atoms with Gasteiger partial charge in [-0.15, -0.1) is 0 Å². The highest BCUT2D eigenvalue weighted by molar-refractivity contribution is 5.80. The van der Waals surface area contributed by atoms with Gasteiger partial charge in [0.05, 0.1) is 25.4 Å². The molecule has 8 unspecified atom stereocenters. The molecule has 1 saturated heterocycles. The van der Waals surface area contributed by atoms with Gasteiger partial charge in [-0.25, -0.2) is 0 Å². The van der Waals surface area contributed by atoms with Gasteiger partial charge in [0.2, 0.25) is 5.91 Å². The predicted octanol–water partition coefficient (Wildman–Crippen LogP) is 20.3. The van der Waals surface area contributed by atoms with Crippen molar-refractivity contribution in [2.45, 2.75) is 423 Å². The molecular weight excluding hydrogens is 1110 g/mol. The van der Waals surface area contributed by atoms with E-state index in [0.29, 0.717) is 19.3 Å². The Kier molecular flexibility index (Phi) is 62.4. The summed E-state index contributed by atoms with van der Waals surface area (Å²) >= 11 is 0. The number of allylic oxidation sites excluding steroid dienone is 7. The number of unbranched alkanes of at least 4 members (excludes halogenated alkanes) is 47. The van der Waals surface area contributed by atoms with Crippen molar-refractivity contribution in [3.8, 4) is 0 Å². The van der Waals surface area contributed by atoms with Gasteiger partial charge in [0.1, 0.15) is 24.4 Å². The number of esters is 1. The maximum Gasteiger partial charge on any atom is 0.306 e. The van der Waals surface area contributed by atoms with Gasteiger partial charge in [-0.3, -0.25) is 9.59 Å². The lowest BCUT2D eigenvalue weighted by Crippen LogP contribution is -2.61. The highest BCUT2D eigenvalue weighted by Crippen LogP contribution is 2.27. The SMILES string of the molecule is CCCCC/C=C\C/C=C\CCCCCCCCCCCCCCC(O)C(=O)NC(COC1OC(CO)C(O)C(O)C1OC(=O)CCCCCCCCCCCCCCCCC/C=C/CCCCCCCC)C(O)/C=C/CCCCCCCCCCCCC. The van der Waals surface area contributed by atoms with Gasteiger partial charge in [0.15, 0.2) is 12.4 Å². The maximum atomic E-state index is 13.5. The first-order valence-electron chi connectivity index (χ1n) is 38.4. The number of aliphatic hydroxyl groups excluding tert-OH is 5. The van der Waals surface area contributed by atoms with Crippen molar-refractivity contribution in [1.29, 1.82) is 0 Å². The Morgan fingerprint density at radius 3 is 1.18 bits per heavy atom. The molecular formula is C78H145NO10. The third-order valence-electron chi connectivity index (χ3n) is 18.2. The summed E-state index contributed by atoms with van der Waals surface area (Å²) in [4.78, 5) is 26.8. The van der Waals surface area contributed by atoms with Crippen LogP contribution in [0.3, 0.4) is 0 Å². The Labute approximate surface area is 548 Å². The van der Waals surface area contributed by atoms with Gasteiger partial charge >= 0.3 is 5.97 Å². The second kappa shape index (κ2) is 65.7. The maximum absolute atomic E-state index is 13.5. The van der Waals surface area contributed by atoms with Crippen LogP contribution < -0.4 is 5.32 Å². The molecule has 0 bridgehead atoms. The molecule has 11 heteroatoms. The zero-order chi connectivity index (χ0) is 64.6. The third-order valence-corrected chi connectivity index (χ3v) is 18.2. The van der Waals surface area contributed by atoms with Crippen molar-refractivity contribution < 1.29 is 49.3 Å². The molecule has 0 aliphatic carbocycles. The molecule has 11 nitrogen and oxygen atoms in total. The van der Waals surface area contributed by atoms with E-state index < -0.39 is 67.4 Å². The van der Waals surface area contributed by atoms with Crippen LogP contribution in [0, 0.1) is 0 Å². The molecule has 1 heterocycles. The lowest BCUT2D eigenvalue weighted by molar-refractivity contribution is -0.305. The van der Waals surface area contributed by atoms with Gasteiger partial charge in [-0.05, 0) is 83.5 Å². The number of aliphatic hydroxyl groups is 5. The number of hydrogen-bond donors (Lipinski definition) is 6. The smallest absolute Gasteiger partial charge is 0.306 e. The molecule has 1 aliphatic heterocycles.